The molecule has 2 aromatic rings. The number of benzene rings is 1. The number of hydrogen-bond donors (Lipinski definition) is 0. The van der Waals surface area contributed by atoms with Crippen molar-refractivity contribution in [3.05, 3.63) is 35.7 Å². The molecule has 0 unspecified atom stereocenters. The lowest BCUT2D eigenvalue weighted by Crippen LogP contribution is -2.16. The van der Waals surface area contributed by atoms with Crippen LogP contribution >= 0.6 is 11.6 Å². The van der Waals surface area contributed by atoms with E-state index >= 15 is 0 Å². The molecule has 0 radical (unpaired) electrons. The highest BCUT2D eigenvalue weighted by Gasteiger charge is 2.14. The molecule has 1 heterocycles. The Morgan fingerprint density at radius 3 is 2.83 bits per heavy atom. The molecule has 0 atom stereocenters. The van der Waals surface area contributed by atoms with Gasteiger partial charge in [-0.2, -0.15) is 0 Å². The number of halogens is 1. The first-order chi connectivity index (χ1) is 8.74. The molecule has 18 heavy (non-hydrogen) atoms. The quantitative estimate of drug-likeness (QED) is 0.778. The molecule has 5 heteroatoms. The Morgan fingerprint density at radius 2 is 2.17 bits per heavy atom. The van der Waals surface area contributed by atoms with E-state index in [2.05, 4.69) is 29.3 Å². The van der Waals surface area contributed by atoms with Gasteiger partial charge in [0.1, 0.15) is 0 Å². The van der Waals surface area contributed by atoms with Gasteiger partial charge in [0.05, 0.1) is 0 Å². The molecule has 0 aliphatic heterocycles. The Balaban J connectivity index is 2.27. The van der Waals surface area contributed by atoms with Crippen LogP contribution in [0.4, 0.5) is 11.7 Å². The van der Waals surface area contributed by atoms with Crippen LogP contribution < -0.4 is 4.90 Å². The topological polar surface area (TPSA) is 42.2 Å². The van der Waals surface area contributed by atoms with Crippen molar-refractivity contribution < 1.29 is 4.42 Å². The first kappa shape index (κ1) is 12.9. The van der Waals surface area contributed by atoms with Crippen molar-refractivity contribution >= 4 is 23.3 Å². The van der Waals surface area contributed by atoms with Gasteiger partial charge in [0.15, 0.2) is 0 Å². The van der Waals surface area contributed by atoms with Crippen molar-refractivity contribution in [1.82, 2.24) is 10.2 Å². The molecule has 0 spiro atoms. The lowest BCUT2D eigenvalue weighted by molar-refractivity contribution is 0.502. The lowest BCUT2D eigenvalue weighted by Gasteiger charge is -2.18. The van der Waals surface area contributed by atoms with Gasteiger partial charge in [-0.1, -0.05) is 17.2 Å². The molecule has 0 saturated heterocycles. The van der Waals surface area contributed by atoms with Crippen molar-refractivity contribution in [3.8, 4) is 0 Å². The SMILES string of the molecule is CCN(c1cccc(C)c1)c1nnc(CCCl)o1. The van der Waals surface area contributed by atoms with Crippen LogP contribution in [0.15, 0.2) is 28.7 Å². The summed E-state index contributed by atoms with van der Waals surface area (Å²) < 4.78 is 5.59. The number of alkyl halides is 1. The van der Waals surface area contributed by atoms with Gasteiger partial charge in [0.2, 0.25) is 5.89 Å². The van der Waals surface area contributed by atoms with E-state index in [1.54, 1.807) is 0 Å². The van der Waals surface area contributed by atoms with Crippen molar-refractivity contribution in [2.45, 2.75) is 20.3 Å². The molecular formula is C13H16ClN3O. The molecule has 0 fully saturated rings. The summed E-state index contributed by atoms with van der Waals surface area (Å²) in [6.07, 6.45) is 0.597. The summed E-state index contributed by atoms with van der Waals surface area (Å²) in [6, 6.07) is 8.72. The molecule has 0 N–H and O–H groups in total. The molecule has 96 valence electrons. The zero-order valence-corrected chi connectivity index (χ0v) is 11.3. The predicted molar refractivity (Wildman–Crippen MR) is 72.6 cm³/mol. The number of aryl methyl sites for hydroxylation is 2. The minimum atomic E-state index is 0.484. The van der Waals surface area contributed by atoms with Crippen molar-refractivity contribution in [2.24, 2.45) is 0 Å². The van der Waals surface area contributed by atoms with Gasteiger partial charge in [0, 0.05) is 24.5 Å². The highest BCUT2D eigenvalue weighted by atomic mass is 35.5. The van der Waals surface area contributed by atoms with Crippen LogP contribution in [0, 0.1) is 6.92 Å². The third-order valence-electron chi connectivity index (χ3n) is 2.62. The fourth-order valence-corrected chi connectivity index (χ4v) is 1.92. The average molecular weight is 266 g/mol. The van der Waals surface area contributed by atoms with Gasteiger partial charge in [-0.05, 0) is 31.5 Å². The molecule has 0 saturated carbocycles. The Hall–Kier alpha value is -1.55. The van der Waals surface area contributed by atoms with Gasteiger partial charge in [-0.3, -0.25) is 4.90 Å². The van der Waals surface area contributed by atoms with Crippen LogP contribution in [0.5, 0.6) is 0 Å². The molecule has 0 aliphatic rings. The maximum atomic E-state index is 5.66. The Kier molecular flexibility index (Phi) is 4.20. The van der Waals surface area contributed by atoms with E-state index < -0.39 is 0 Å². The van der Waals surface area contributed by atoms with E-state index in [0.29, 0.717) is 24.2 Å². The highest BCUT2D eigenvalue weighted by molar-refractivity contribution is 6.17. The molecule has 1 aromatic carbocycles. The van der Waals surface area contributed by atoms with Gasteiger partial charge in [-0.15, -0.1) is 16.7 Å². The normalized spacial score (nSPS) is 10.6. The number of hydrogen-bond acceptors (Lipinski definition) is 4. The number of rotatable bonds is 5. The van der Waals surface area contributed by atoms with Crippen LogP contribution in [0.25, 0.3) is 0 Å². The Labute approximate surface area is 112 Å². The number of nitrogens with zero attached hydrogens (tertiary/aromatic N) is 3. The summed E-state index contributed by atoms with van der Waals surface area (Å²) in [4.78, 5) is 1.98. The number of anilines is 2. The fraction of sp³-hybridized carbons (Fsp3) is 0.385. The van der Waals surface area contributed by atoms with E-state index in [4.69, 9.17) is 16.0 Å². The van der Waals surface area contributed by atoms with E-state index in [1.807, 2.05) is 24.0 Å². The van der Waals surface area contributed by atoms with Crippen LogP contribution in [0.3, 0.4) is 0 Å². The first-order valence-electron chi connectivity index (χ1n) is 5.97. The summed E-state index contributed by atoms with van der Waals surface area (Å²) in [5.41, 5.74) is 2.25. The zero-order chi connectivity index (χ0) is 13.0. The van der Waals surface area contributed by atoms with E-state index in [9.17, 15) is 0 Å². The second-order valence-corrected chi connectivity index (χ2v) is 4.38. The number of aromatic nitrogens is 2. The molecule has 1 aromatic heterocycles. The lowest BCUT2D eigenvalue weighted by atomic mass is 10.2. The average Bonchev–Trinajstić information content (AvgIpc) is 2.79. The largest absolute Gasteiger partial charge is 0.408 e. The van der Waals surface area contributed by atoms with E-state index in [0.717, 1.165) is 12.2 Å². The maximum Gasteiger partial charge on any atom is 0.322 e. The standard InChI is InChI=1S/C13H16ClN3O/c1-3-17(11-6-4-5-10(2)9-11)13-16-15-12(18-13)7-8-14/h4-6,9H,3,7-8H2,1-2H3. The third-order valence-corrected chi connectivity index (χ3v) is 2.81. The fourth-order valence-electron chi connectivity index (χ4n) is 1.76. The van der Waals surface area contributed by atoms with Crippen LogP contribution in [-0.2, 0) is 6.42 Å². The maximum absolute atomic E-state index is 5.66. The van der Waals surface area contributed by atoms with Crippen molar-refractivity contribution in [1.29, 1.82) is 0 Å². The molecule has 0 bridgehead atoms. The van der Waals surface area contributed by atoms with Gasteiger partial charge >= 0.3 is 6.01 Å². The summed E-state index contributed by atoms with van der Waals surface area (Å²) in [7, 11) is 0. The molecule has 0 aliphatic carbocycles. The predicted octanol–water partition coefficient (Wildman–Crippen LogP) is 3.32. The molecule has 2 rings (SSSR count). The minimum Gasteiger partial charge on any atom is -0.408 e. The minimum absolute atomic E-state index is 0.484. The van der Waals surface area contributed by atoms with Gasteiger partial charge in [0.25, 0.3) is 0 Å². The summed E-state index contributed by atoms with van der Waals surface area (Å²) in [6.45, 7) is 4.88. The van der Waals surface area contributed by atoms with E-state index in [-0.39, 0.29) is 0 Å². The summed E-state index contributed by atoms with van der Waals surface area (Å²) in [5, 5.41) is 8.04. The van der Waals surface area contributed by atoms with Gasteiger partial charge < -0.3 is 4.42 Å². The zero-order valence-electron chi connectivity index (χ0n) is 10.6. The van der Waals surface area contributed by atoms with Crippen LogP contribution in [0.2, 0.25) is 0 Å². The second kappa shape index (κ2) is 5.87. The molecule has 4 nitrogen and oxygen atoms in total. The van der Waals surface area contributed by atoms with Crippen LogP contribution in [0.1, 0.15) is 18.4 Å². The third kappa shape index (κ3) is 2.82. The smallest absolute Gasteiger partial charge is 0.322 e. The van der Waals surface area contributed by atoms with Crippen LogP contribution in [-0.4, -0.2) is 22.6 Å². The van der Waals surface area contributed by atoms with Crippen molar-refractivity contribution in [2.75, 3.05) is 17.3 Å². The Bertz CT molecular complexity index is 512. The van der Waals surface area contributed by atoms with Crippen molar-refractivity contribution in [3.63, 3.8) is 0 Å². The molecule has 0 amide bonds. The second-order valence-electron chi connectivity index (χ2n) is 4.00. The van der Waals surface area contributed by atoms with Gasteiger partial charge in [-0.25, -0.2) is 0 Å². The summed E-state index contributed by atoms with van der Waals surface area (Å²) >= 11 is 5.66. The first-order valence-corrected chi connectivity index (χ1v) is 6.50. The monoisotopic (exact) mass is 265 g/mol. The highest BCUT2D eigenvalue weighted by Crippen LogP contribution is 2.24. The summed E-state index contributed by atoms with van der Waals surface area (Å²) in [5.74, 6) is 1.06. The molecular weight excluding hydrogens is 250 g/mol. The van der Waals surface area contributed by atoms with E-state index in [1.165, 1.54) is 5.56 Å². The Morgan fingerprint density at radius 1 is 1.33 bits per heavy atom.